The van der Waals surface area contributed by atoms with Gasteiger partial charge in [0.1, 0.15) is 11.7 Å². The van der Waals surface area contributed by atoms with Crippen molar-refractivity contribution in [3.8, 4) is 0 Å². The van der Waals surface area contributed by atoms with Crippen LogP contribution in [0, 0.1) is 28.6 Å². The van der Waals surface area contributed by atoms with Gasteiger partial charge in [-0.3, -0.25) is 9.59 Å². The highest BCUT2D eigenvalue weighted by atomic mass is 33.1. The number of epoxide rings is 2. The first kappa shape index (κ1) is 32.9. The van der Waals surface area contributed by atoms with Crippen LogP contribution < -0.4 is 10.6 Å². The molecule has 8 rings (SSSR count). The van der Waals surface area contributed by atoms with Crippen LogP contribution in [0.25, 0.3) is 0 Å². The second kappa shape index (κ2) is 12.2. The monoisotopic (exact) mass is 688 g/mol. The highest BCUT2D eigenvalue weighted by Gasteiger charge is 2.99. The summed E-state index contributed by atoms with van der Waals surface area (Å²) in [4.78, 5) is 38.4. The van der Waals surface area contributed by atoms with E-state index in [0.29, 0.717) is 62.7 Å². The maximum Gasteiger partial charge on any atom is 0.407 e. The summed E-state index contributed by atoms with van der Waals surface area (Å²) in [5.41, 5.74) is 1.13. The van der Waals surface area contributed by atoms with Crippen LogP contribution in [0.5, 0.6) is 0 Å². The standard InChI is InChI=1S/C36H52N2O7S2/c1-21(2)34-20-26(34)30-36(45-30)33(3)13-11-24-23(8-6-9-27(24)39)25(33)19-28-35(36,44-28)31(34)43-32(41)38-15-17-42-16-14-37-29(40)10-5-4-7-22-12-18-46-47-22/h21-22,25-26,28,30-31H,4-20H2,1-3H3,(H,37,40)(H,38,41). The zero-order chi connectivity index (χ0) is 32.6. The van der Waals surface area contributed by atoms with Crippen LogP contribution >= 0.6 is 21.6 Å². The molecule has 5 aliphatic carbocycles. The number of hydrogen-bond donors (Lipinski definition) is 2. The summed E-state index contributed by atoms with van der Waals surface area (Å²) < 4.78 is 25.9. The maximum atomic E-state index is 13.4. The Bertz CT molecular complexity index is 1340. The van der Waals surface area contributed by atoms with E-state index < -0.39 is 17.3 Å². The molecule has 6 fully saturated rings. The quantitative estimate of drug-likeness (QED) is 0.142. The Kier molecular flexibility index (Phi) is 8.54. The number of amides is 2. The fraction of sp³-hybridized carbons (Fsp3) is 0.861. The molecule has 3 saturated heterocycles. The third kappa shape index (κ3) is 5.01. The van der Waals surface area contributed by atoms with Gasteiger partial charge in [-0.05, 0) is 81.1 Å². The molecule has 2 N–H and O–H groups in total. The van der Waals surface area contributed by atoms with Gasteiger partial charge in [0.05, 0.1) is 25.4 Å². The maximum absolute atomic E-state index is 13.4. The van der Waals surface area contributed by atoms with Crippen LogP contribution in [0.2, 0.25) is 0 Å². The summed E-state index contributed by atoms with van der Waals surface area (Å²) >= 11 is 0. The predicted molar refractivity (Wildman–Crippen MR) is 181 cm³/mol. The van der Waals surface area contributed by atoms with Crippen molar-refractivity contribution in [2.45, 2.75) is 133 Å². The van der Waals surface area contributed by atoms with Crippen molar-refractivity contribution >= 4 is 39.4 Å². The van der Waals surface area contributed by atoms with Gasteiger partial charge in [0.15, 0.2) is 11.4 Å². The van der Waals surface area contributed by atoms with E-state index in [0.717, 1.165) is 62.2 Å². The lowest BCUT2D eigenvalue weighted by molar-refractivity contribution is -0.121. The molecule has 0 radical (unpaired) electrons. The van der Waals surface area contributed by atoms with E-state index in [9.17, 15) is 14.4 Å². The molecule has 0 aromatic rings. The predicted octanol–water partition coefficient (Wildman–Crippen LogP) is 5.75. The van der Waals surface area contributed by atoms with Crippen LogP contribution in [0.1, 0.15) is 97.8 Å². The number of fused-ring (bicyclic) bond motifs is 4. The van der Waals surface area contributed by atoms with Crippen LogP contribution in [0.15, 0.2) is 11.1 Å². The zero-order valence-corrected chi connectivity index (χ0v) is 29.9. The van der Waals surface area contributed by atoms with E-state index in [1.165, 1.54) is 24.2 Å². The fourth-order valence-corrected chi connectivity index (χ4v) is 14.2. The highest BCUT2D eigenvalue weighted by Crippen LogP contribution is 2.87. The van der Waals surface area contributed by atoms with Crippen molar-refractivity contribution in [1.82, 2.24) is 10.6 Å². The minimum Gasteiger partial charge on any atom is -0.442 e. The number of allylic oxidation sites excluding steroid dienone is 2. The average Bonchev–Trinajstić information content (AvgIpc) is 3.98. The molecule has 3 heterocycles. The number of ether oxygens (including phenoxy) is 4. The summed E-state index contributed by atoms with van der Waals surface area (Å²) in [6, 6.07) is 0. The second-order valence-electron chi connectivity index (χ2n) is 16.0. The number of carbonyl (C=O) groups is 3. The van der Waals surface area contributed by atoms with Crippen molar-refractivity contribution in [2.75, 3.05) is 32.1 Å². The van der Waals surface area contributed by atoms with Crippen molar-refractivity contribution in [2.24, 2.45) is 28.6 Å². The van der Waals surface area contributed by atoms with Gasteiger partial charge in [0.25, 0.3) is 0 Å². The number of rotatable bonds is 13. The SMILES string of the molecule is CC(C)C12CC1C1OC13C1(C)CCC4=C(CCCC4=O)C1CC1OC13C2OC(=O)NCCOCCNC(=O)CCCCC1CCSS1. The van der Waals surface area contributed by atoms with E-state index in [-0.39, 0.29) is 35.0 Å². The van der Waals surface area contributed by atoms with Gasteiger partial charge in [0, 0.05) is 47.8 Å². The molecule has 0 bridgehead atoms. The summed E-state index contributed by atoms with van der Waals surface area (Å²) in [5, 5.41) is 6.63. The molecule has 0 aromatic heterocycles. The van der Waals surface area contributed by atoms with Gasteiger partial charge in [0.2, 0.25) is 5.91 Å². The van der Waals surface area contributed by atoms with Crippen LogP contribution in [0.4, 0.5) is 4.79 Å². The largest absolute Gasteiger partial charge is 0.442 e. The topological polar surface area (TPSA) is 119 Å². The van der Waals surface area contributed by atoms with Crippen molar-refractivity contribution in [3.63, 3.8) is 0 Å². The van der Waals surface area contributed by atoms with Crippen molar-refractivity contribution in [1.29, 1.82) is 0 Å². The molecule has 0 aromatic carbocycles. The molecule has 9 nitrogen and oxygen atoms in total. The van der Waals surface area contributed by atoms with Gasteiger partial charge in [-0.25, -0.2) is 4.79 Å². The first-order valence-corrected chi connectivity index (χ1v) is 20.7. The molecule has 3 aliphatic heterocycles. The fourth-order valence-electron chi connectivity index (χ4n) is 11.2. The summed E-state index contributed by atoms with van der Waals surface area (Å²) in [6.45, 7) is 8.44. The van der Waals surface area contributed by atoms with Crippen molar-refractivity contribution < 1.29 is 33.3 Å². The van der Waals surface area contributed by atoms with E-state index in [1.807, 2.05) is 21.6 Å². The first-order valence-electron chi connectivity index (χ1n) is 18.4. The van der Waals surface area contributed by atoms with Gasteiger partial charge < -0.3 is 29.6 Å². The van der Waals surface area contributed by atoms with E-state index in [4.69, 9.17) is 18.9 Å². The minimum atomic E-state index is -0.614. The molecule has 260 valence electrons. The molecule has 8 aliphatic rings. The third-order valence-corrected chi connectivity index (χ3v) is 16.6. The number of alkyl carbamates (subject to hydrolysis) is 1. The Morgan fingerprint density at radius 3 is 2.70 bits per heavy atom. The van der Waals surface area contributed by atoms with Gasteiger partial charge in [-0.15, -0.1) is 0 Å². The molecule has 10 atom stereocenters. The summed E-state index contributed by atoms with van der Waals surface area (Å²) in [7, 11) is 3.96. The normalized spacial score (nSPS) is 43.5. The minimum absolute atomic E-state index is 0.0200. The van der Waals surface area contributed by atoms with Gasteiger partial charge in [-0.2, -0.15) is 0 Å². The number of unbranched alkanes of at least 4 members (excludes halogenated alkanes) is 1. The van der Waals surface area contributed by atoms with E-state index in [2.05, 4.69) is 31.4 Å². The van der Waals surface area contributed by atoms with Gasteiger partial charge in [-0.1, -0.05) is 54.4 Å². The molecular formula is C36H52N2O7S2. The number of ketones is 1. The number of Topliss-reactive ketones (excluding diaryl/α,β-unsaturated/α-hetero) is 1. The second-order valence-corrected chi connectivity index (χ2v) is 18.8. The summed E-state index contributed by atoms with van der Waals surface area (Å²) in [5.74, 6) is 2.67. The molecule has 10 unspecified atom stereocenters. The molecule has 3 saturated carbocycles. The highest BCUT2D eigenvalue weighted by molar-refractivity contribution is 8.77. The van der Waals surface area contributed by atoms with Gasteiger partial charge >= 0.3 is 6.09 Å². The Balaban J connectivity index is 0.840. The molecular weight excluding hydrogens is 637 g/mol. The number of hydrogen-bond acceptors (Lipinski definition) is 9. The van der Waals surface area contributed by atoms with Crippen LogP contribution in [-0.4, -0.2) is 84.6 Å². The smallest absolute Gasteiger partial charge is 0.407 e. The molecule has 11 heteroatoms. The van der Waals surface area contributed by atoms with E-state index >= 15 is 0 Å². The molecule has 2 spiro atoms. The lowest BCUT2D eigenvalue weighted by Gasteiger charge is -2.56. The summed E-state index contributed by atoms with van der Waals surface area (Å²) in [6.07, 6.45) is 10.7. The Hall–Kier alpha value is -1.27. The average molecular weight is 689 g/mol. The van der Waals surface area contributed by atoms with Crippen LogP contribution in [0.3, 0.4) is 0 Å². The lowest BCUT2D eigenvalue weighted by atomic mass is 9.46. The molecule has 47 heavy (non-hydrogen) atoms. The lowest BCUT2D eigenvalue weighted by Crippen LogP contribution is -2.68. The van der Waals surface area contributed by atoms with Crippen LogP contribution in [-0.2, 0) is 28.5 Å². The Labute approximate surface area is 286 Å². The van der Waals surface area contributed by atoms with E-state index in [1.54, 1.807) is 0 Å². The zero-order valence-electron chi connectivity index (χ0n) is 28.2. The number of nitrogens with one attached hydrogen (secondary N) is 2. The third-order valence-electron chi connectivity index (χ3n) is 13.6. The Morgan fingerprint density at radius 2 is 1.91 bits per heavy atom. The Morgan fingerprint density at radius 1 is 1.09 bits per heavy atom. The van der Waals surface area contributed by atoms with Crippen molar-refractivity contribution in [3.05, 3.63) is 11.1 Å². The first-order chi connectivity index (χ1) is 22.7. The molecule has 2 amide bonds. The number of carbonyl (C=O) groups excluding carboxylic acids is 3.